The number of piperazine rings is 1. The first-order chi connectivity index (χ1) is 10.2. The molecule has 5 heteroatoms. The highest BCUT2D eigenvalue weighted by molar-refractivity contribution is 6.02. The van der Waals surface area contributed by atoms with E-state index in [-0.39, 0.29) is 24.9 Å². The zero-order chi connectivity index (χ0) is 14.7. The van der Waals surface area contributed by atoms with E-state index in [0.29, 0.717) is 5.92 Å². The molecule has 2 fully saturated rings. The van der Waals surface area contributed by atoms with Gasteiger partial charge in [0, 0.05) is 5.69 Å². The van der Waals surface area contributed by atoms with Crippen LogP contribution in [-0.4, -0.2) is 38.0 Å². The van der Waals surface area contributed by atoms with E-state index in [1.54, 1.807) is 0 Å². The molecule has 2 heterocycles. The first-order valence-electron chi connectivity index (χ1n) is 7.58. The number of imide groups is 1. The monoisotopic (exact) mass is 287 g/mol. The molecule has 0 radical (unpaired) electrons. The molecule has 1 aromatic carbocycles. The summed E-state index contributed by atoms with van der Waals surface area (Å²) in [7, 11) is 0. The Morgan fingerprint density at radius 1 is 1.14 bits per heavy atom. The summed E-state index contributed by atoms with van der Waals surface area (Å²) in [6.45, 7) is 2.67. The minimum Gasteiger partial charge on any atom is -0.353 e. The lowest BCUT2D eigenvalue weighted by Gasteiger charge is -2.30. The third-order valence-corrected chi connectivity index (χ3v) is 4.19. The van der Waals surface area contributed by atoms with E-state index in [1.807, 2.05) is 23.1 Å². The Hall–Kier alpha value is -1.88. The zero-order valence-corrected chi connectivity index (χ0v) is 12.1. The van der Waals surface area contributed by atoms with E-state index in [9.17, 15) is 9.59 Å². The number of hydrogen-bond acceptors (Lipinski definition) is 4. The molecule has 2 aliphatic heterocycles. The van der Waals surface area contributed by atoms with E-state index >= 15 is 0 Å². The molecule has 0 saturated carbocycles. The van der Waals surface area contributed by atoms with Crippen molar-refractivity contribution >= 4 is 17.5 Å². The third kappa shape index (κ3) is 3.42. The fourth-order valence-electron chi connectivity index (χ4n) is 3.21. The first-order valence-corrected chi connectivity index (χ1v) is 7.58. The number of para-hydroxylation sites is 1. The van der Waals surface area contributed by atoms with Crippen molar-refractivity contribution in [1.82, 2.24) is 10.6 Å². The predicted octanol–water partition coefficient (Wildman–Crippen LogP) is 0.691. The van der Waals surface area contributed by atoms with Gasteiger partial charge in [0.05, 0.1) is 13.1 Å². The van der Waals surface area contributed by atoms with Crippen molar-refractivity contribution in [3.8, 4) is 0 Å². The van der Waals surface area contributed by atoms with E-state index in [2.05, 4.69) is 16.7 Å². The lowest BCUT2D eigenvalue weighted by molar-refractivity contribution is -0.130. The average Bonchev–Trinajstić information content (AvgIpc) is 2.48. The van der Waals surface area contributed by atoms with Gasteiger partial charge in [-0.15, -0.1) is 0 Å². The van der Waals surface area contributed by atoms with Gasteiger partial charge in [0.25, 0.3) is 0 Å². The second-order valence-corrected chi connectivity index (χ2v) is 5.87. The number of anilines is 1. The Morgan fingerprint density at radius 3 is 2.62 bits per heavy atom. The number of nitrogens with one attached hydrogen (secondary N) is 2. The van der Waals surface area contributed by atoms with Gasteiger partial charge in [-0.1, -0.05) is 18.2 Å². The number of benzene rings is 1. The van der Waals surface area contributed by atoms with Crippen LogP contribution < -0.4 is 15.5 Å². The zero-order valence-electron chi connectivity index (χ0n) is 12.1. The number of carbonyl (C=O) groups is 2. The maximum atomic E-state index is 11.6. The van der Waals surface area contributed by atoms with E-state index < -0.39 is 0 Å². The van der Waals surface area contributed by atoms with Crippen LogP contribution in [0.25, 0.3) is 0 Å². The summed E-state index contributed by atoms with van der Waals surface area (Å²) in [6.07, 6.45) is 3.45. The maximum absolute atomic E-state index is 11.6. The van der Waals surface area contributed by atoms with Crippen LogP contribution in [0.5, 0.6) is 0 Å². The minimum absolute atomic E-state index is 0.222. The van der Waals surface area contributed by atoms with Crippen LogP contribution >= 0.6 is 0 Å². The molecule has 2 saturated heterocycles. The molecule has 2 aliphatic rings. The van der Waals surface area contributed by atoms with Crippen molar-refractivity contribution in [2.75, 3.05) is 31.1 Å². The van der Waals surface area contributed by atoms with Crippen LogP contribution in [0.3, 0.4) is 0 Å². The second-order valence-electron chi connectivity index (χ2n) is 5.87. The topological polar surface area (TPSA) is 61.4 Å². The van der Waals surface area contributed by atoms with Crippen LogP contribution in [0.1, 0.15) is 18.4 Å². The van der Waals surface area contributed by atoms with Gasteiger partial charge in [0.2, 0.25) is 11.8 Å². The highest BCUT2D eigenvalue weighted by Gasteiger charge is 2.25. The van der Waals surface area contributed by atoms with Gasteiger partial charge >= 0.3 is 0 Å². The minimum atomic E-state index is -0.222. The molecule has 21 heavy (non-hydrogen) atoms. The van der Waals surface area contributed by atoms with Crippen molar-refractivity contribution in [3.05, 3.63) is 29.8 Å². The van der Waals surface area contributed by atoms with E-state index in [1.165, 1.54) is 18.4 Å². The summed E-state index contributed by atoms with van der Waals surface area (Å²) in [4.78, 5) is 25.0. The molecular formula is C16H21N3O2. The van der Waals surface area contributed by atoms with Crippen LogP contribution in [-0.2, 0) is 16.0 Å². The SMILES string of the molecule is O=C1CN(c2ccccc2CC2CCCNC2)CC(=O)N1. The number of hydrogen-bond donors (Lipinski definition) is 2. The van der Waals surface area contributed by atoms with Crippen molar-refractivity contribution < 1.29 is 9.59 Å². The molecule has 3 rings (SSSR count). The van der Waals surface area contributed by atoms with Crippen molar-refractivity contribution in [1.29, 1.82) is 0 Å². The highest BCUT2D eigenvalue weighted by Crippen LogP contribution is 2.26. The second kappa shape index (κ2) is 6.26. The van der Waals surface area contributed by atoms with E-state index in [4.69, 9.17) is 0 Å². The summed E-state index contributed by atoms with van der Waals surface area (Å²) >= 11 is 0. The van der Waals surface area contributed by atoms with Crippen LogP contribution in [0.2, 0.25) is 0 Å². The summed E-state index contributed by atoms with van der Waals surface area (Å²) in [6, 6.07) is 8.12. The van der Waals surface area contributed by atoms with Gasteiger partial charge in [0.15, 0.2) is 0 Å². The molecule has 2 N–H and O–H groups in total. The van der Waals surface area contributed by atoms with Gasteiger partial charge < -0.3 is 10.2 Å². The molecular weight excluding hydrogens is 266 g/mol. The number of piperidine rings is 1. The Labute approximate surface area is 124 Å². The smallest absolute Gasteiger partial charge is 0.246 e. The molecule has 0 aromatic heterocycles. The molecule has 1 unspecified atom stereocenters. The lowest BCUT2D eigenvalue weighted by Crippen LogP contribution is -2.51. The summed E-state index contributed by atoms with van der Waals surface area (Å²) in [5.41, 5.74) is 2.25. The summed E-state index contributed by atoms with van der Waals surface area (Å²) < 4.78 is 0. The molecule has 112 valence electrons. The quantitative estimate of drug-likeness (QED) is 0.803. The summed E-state index contributed by atoms with van der Waals surface area (Å²) in [5.74, 6) is 0.190. The van der Waals surface area contributed by atoms with Crippen LogP contribution in [0, 0.1) is 5.92 Å². The van der Waals surface area contributed by atoms with Crippen molar-refractivity contribution in [2.24, 2.45) is 5.92 Å². The van der Waals surface area contributed by atoms with Gasteiger partial charge in [0.1, 0.15) is 0 Å². The van der Waals surface area contributed by atoms with Crippen LogP contribution in [0.4, 0.5) is 5.69 Å². The summed E-state index contributed by atoms with van der Waals surface area (Å²) in [5, 5.41) is 5.79. The highest BCUT2D eigenvalue weighted by atomic mass is 16.2. The Balaban J connectivity index is 1.78. The predicted molar refractivity (Wildman–Crippen MR) is 81.1 cm³/mol. The molecule has 5 nitrogen and oxygen atoms in total. The largest absolute Gasteiger partial charge is 0.353 e. The van der Waals surface area contributed by atoms with Gasteiger partial charge in [-0.05, 0) is 49.9 Å². The normalized spacial score (nSPS) is 23.0. The molecule has 0 aliphatic carbocycles. The Kier molecular flexibility index (Phi) is 4.20. The Bertz CT molecular complexity index is 522. The van der Waals surface area contributed by atoms with Gasteiger partial charge in [-0.2, -0.15) is 0 Å². The molecule has 2 amide bonds. The third-order valence-electron chi connectivity index (χ3n) is 4.19. The maximum Gasteiger partial charge on any atom is 0.246 e. The lowest BCUT2D eigenvalue weighted by atomic mass is 9.91. The fraction of sp³-hybridized carbons (Fsp3) is 0.500. The molecule has 0 spiro atoms. The molecule has 0 bridgehead atoms. The van der Waals surface area contributed by atoms with Crippen molar-refractivity contribution in [3.63, 3.8) is 0 Å². The number of amides is 2. The standard InChI is InChI=1S/C16H21N3O2/c20-15-10-19(11-16(21)18-15)14-6-2-1-5-13(14)8-12-4-3-7-17-9-12/h1-2,5-6,12,17H,3-4,7-11H2,(H,18,20,21). The Morgan fingerprint density at radius 2 is 1.90 bits per heavy atom. The van der Waals surface area contributed by atoms with Gasteiger partial charge in [-0.3, -0.25) is 14.9 Å². The van der Waals surface area contributed by atoms with Crippen molar-refractivity contribution in [2.45, 2.75) is 19.3 Å². The molecule has 1 atom stereocenters. The van der Waals surface area contributed by atoms with E-state index in [0.717, 1.165) is 25.2 Å². The first kappa shape index (κ1) is 14.1. The van der Waals surface area contributed by atoms with Crippen LogP contribution in [0.15, 0.2) is 24.3 Å². The number of rotatable bonds is 3. The number of nitrogens with zero attached hydrogens (tertiary/aromatic N) is 1. The molecule has 1 aromatic rings. The number of carbonyl (C=O) groups excluding carboxylic acids is 2. The van der Waals surface area contributed by atoms with Gasteiger partial charge in [-0.25, -0.2) is 0 Å². The fourth-order valence-corrected chi connectivity index (χ4v) is 3.21. The average molecular weight is 287 g/mol.